The van der Waals surface area contributed by atoms with E-state index in [4.69, 9.17) is 21.1 Å². The Morgan fingerprint density at radius 1 is 0.542 bits per heavy atom. The summed E-state index contributed by atoms with van der Waals surface area (Å²) in [6.45, 7) is 0. The van der Waals surface area contributed by atoms with Crippen LogP contribution in [0.25, 0.3) is 11.1 Å². The zero-order valence-electron chi connectivity index (χ0n) is 26.2. The Hall–Kier alpha value is -5.46. The maximum absolute atomic E-state index is 16.0. The summed E-state index contributed by atoms with van der Waals surface area (Å²) in [6, 6.07) is 40.8. The van der Waals surface area contributed by atoms with E-state index in [1.54, 1.807) is 38.5 Å². The van der Waals surface area contributed by atoms with Gasteiger partial charge in [-0.1, -0.05) is 109 Å². The number of para-hydroxylation sites is 1. The quantitative estimate of drug-likeness (QED) is 0.170. The number of amides is 2. The Morgan fingerprint density at radius 2 is 0.938 bits per heavy atom. The first-order valence-corrected chi connectivity index (χ1v) is 16.1. The summed E-state index contributed by atoms with van der Waals surface area (Å²) in [4.78, 5) is 47.4. The zero-order chi connectivity index (χ0) is 33.2. The van der Waals surface area contributed by atoms with Gasteiger partial charge in [0.1, 0.15) is 11.5 Å². The lowest BCUT2D eigenvalue weighted by Gasteiger charge is -2.39. The maximum Gasteiger partial charge on any atom is 0.239 e. The number of hydrogen-bond acceptors (Lipinski definition) is 5. The number of nitrogens with zero attached hydrogens (tertiary/aromatic N) is 1. The topological polar surface area (TPSA) is 72.9 Å². The van der Waals surface area contributed by atoms with Gasteiger partial charge in [-0.05, 0) is 69.8 Å². The first-order valence-electron chi connectivity index (χ1n) is 15.7. The molecule has 5 aromatic rings. The number of methoxy groups -OCH3 is 2. The molecule has 236 valence electrons. The minimum Gasteiger partial charge on any atom is -0.497 e. The SMILES string of the molecule is COc1ccc(C2=C(c3ccc(OC)cc3)[C@@]3(c4ccccc4)C(=O)[C@@]2(c2ccccc2)[C@H]2C(=O)N(c4ccccc4Cl)C(=O)[C@@H]23)cc1. The van der Waals surface area contributed by atoms with Crippen LogP contribution in [0.3, 0.4) is 0 Å². The summed E-state index contributed by atoms with van der Waals surface area (Å²) in [5, 5.41) is 0.277. The number of allylic oxidation sites excluding steroid dienone is 2. The molecule has 3 aliphatic rings. The fourth-order valence-corrected chi connectivity index (χ4v) is 8.73. The second-order valence-corrected chi connectivity index (χ2v) is 12.7. The fourth-order valence-electron chi connectivity index (χ4n) is 8.51. The van der Waals surface area contributed by atoms with Gasteiger partial charge in [-0.15, -0.1) is 0 Å². The summed E-state index contributed by atoms with van der Waals surface area (Å²) < 4.78 is 11.0. The van der Waals surface area contributed by atoms with E-state index in [-0.39, 0.29) is 10.8 Å². The number of imide groups is 1. The third-order valence-electron chi connectivity index (χ3n) is 10.3. The molecule has 2 bridgehead atoms. The molecule has 2 fully saturated rings. The van der Waals surface area contributed by atoms with Gasteiger partial charge in [-0.2, -0.15) is 0 Å². The van der Waals surface area contributed by atoms with E-state index in [2.05, 4.69) is 0 Å². The van der Waals surface area contributed by atoms with Crippen molar-refractivity contribution in [3.05, 3.63) is 161 Å². The molecule has 1 saturated heterocycles. The summed E-state index contributed by atoms with van der Waals surface area (Å²) in [5.41, 5.74) is 1.47. The number of carbonyl (C=O) groups is 3. The highest BCUT2D eigenvalue weighted by Gasteiger charge is 2.82. The highest BCUT2D eigenvalue weighted by atomic mass is 35.5. The van der Waals surface area contributed by atoms with Gasteiger partial charge in [-0.3, -0.25) is 14.4 Å². The number of halogens is 1. The predicted octanol–water partition coefficient (Wildman–Crippen LogP) is 7.55. The van der Waals surface area contributed by atoms with Crippen molar-refractivity contribution in [1.82, 2.24) is 0 Å². The van der Waals surface area contributed by atoms with Crippen molar-refractivity contribution in [1.29, 1.82) is 0 Å². The van der Waals surface area contributed by atoms with E-state index < -0.39 is 34.5 Å². The molecule has 0 radical (unpaired) electrons. The first kappa shape index (κ1) is 29.9. The first-order chi connectivity index (χ1) is 23.4. The van der Waals surface area contributed by atoms with Crippen LogP contribution in [0.15, 0.2) is 133 Å². The highest BCUT2D eigenvalue weighted by molar-refractivity contribution is 6.41. The molecular weight excluding hydrogens is 622 g/mol. The van der Waals surface area contributed by atoms with Gasteiger partial charge in [0.25, 0.3) is 0 Å². The minimum atomic E-state index is -1.52. The lowest BCUT2D eigenvalue weighted by molar-refractivity contribution is -0.130. The number of carbonyl (C=O) groups excluding carboxylic acids is 3. The standard InChI is InChI=1S/C41H30ClNO5/c1-47-29-21-17-25(18-22-29)33-34(26-19-23-30(48-2)24-20-26)41(28-13-7-4-8-14-28)36-35(40(33,39(41)46)27-11-5-3-6-12-27)37(44)43(38(36)45)32-16-10-9-15-31(32)42/h3-24,35-36H,1-2H3/t35-,36-,40-,41-/m1/s1. The molecule has 5 aromatic carbocycles. The van der Waals surface area contributed by atoms with Crippen LogP contribution in [0.1, 0.15) is 22.3 Å². The molecule has 0 spiro atoms. The van der Waals surface area contributed by atoms with Crippen molar-refractivity contribution in [3.8, 4) is 11.5 Å². The van der Waals surface area contributed by atoms with Crippen molar-refractivity contribution < 1.29 is 23.9 Å². The van der Waals surface area contributed by atoms with E-state index >= 15 is 14.4 Å². The molecule has 2 amide bonds. The average Bonchev–Trinajstić information content (AvgIpc) is 3.64. The Balaban J connectivity index is 1.55. The fraction of sp³-hybridized carbons (Fsp3) is 0.146. The number of ketones is 1. The minimum absolute atomic E-state index is 0.195. The van der Waals surface area contributed by atoms with Gasteiger partial charge < -0.3 is 9.47 Å². The molecule has 7 heteroatoms. The number of anilines is 1. The van der Waals surface area contributed by atoms with E-state index in [1.807, 2.05) is 109 Å². The van der Waals surface area contributed by atoms with E-state index in [9.17, 15) is 0 Å². The van der Waals surface area contributed by atoms with Gasteiger partial charge >= 0.3 is 0 Å². The lowest BCUT2D eigenvalue weighted by Crippen LogP contribution is -2.45. The van der Waals surface area contributed by atoms with Crippen molar-refractivity contribution in [3.63, 3.8) is 0 Å². The molecule has 48 heavy (non-hydrogen) atoms. The summed E-state index contributed by atoms with van der Waals surface area (Å²) in [7, 11) is 3.20. The Labute approximate surface area is 283 Å². The van der Waals surface area contributed by atoms with Crippen LogP contribution in [0, 0.1) is 11.8 Å². The van der Waals surface area contributed by atoms with Crippen LogP contribution in [0.5, 0.6) is 11.5 Å². The lowest BCUT2D eigenvalue weighted by atomic mass is 9.59. The normalized spacial score (nSPS) is 24.3. The number of hydrogen-bond donors (Lipinski definition) is 0. The van der Waals surface area contributed by atoms with Crippen LogP contribution >= 0.6 is 11.6 Å². The maximum atomic E-state index is 16.0. The van der Waals surface area contributed by atoms with Gasteiger partial charge in [0.2, 0.25) is 11.8 Å². The molecule has 6 nitrogen and oxygen atoms in total. The number of benzene rings is 5. The third kappa shape index (κ3) is 3.78. The second kappa shape index (κ2) is 11.1. The van der Waals surface area contributed by atoms with Crippen LogP contribution < -0.4 is 14.4 Å². The molecule has 2 aliphatic carbocycles. The molecule has 4 atom stereocenters. The molecule has 1 aliphatic heterocycles. The summed E-state index contributed by atoms with van der Waals surface area (Å²) in [6.07, 6.45) is 0. The van der Waals surface area contributed by atoms with Crippen LogP contribution in [-0.2, 0) is 25.2 Å². The largest absolute Gasteiger partial charge is 0.497 e. The molecule has 8 rings (SSSR count). The van der Waals surface area contributed by atoms with Crippen LogP contribution in [0.4, 0.5) is 5.69 Å². The van der Waals surface area contributed by atoms with Gasteiger partial charge in [0.05, 0.1) is 47.6 Å². The van der Waals surface area contributed by atoms with E-state index in [0.29, 0.717) is 39.5 Å². The highest BCUT2D eigenvalue weighted by Crippen LogP contribution is 2.74. The monoisotopic (exact) mass is 651 g/mol. The van der Waals surface area contributed by atoms with E-state index in [1.165, 1.54) is 4.90 Å². The number of rotatable bonds is 7. The number of Topliss-reactive ketones (excluding diaryl/α,β-unsaturated/α-hetero) is 1. The second-order valence-electron chi connectivity index (χ2n) is 12.3. The Kier molecular flexibility index (Phi) is 6.90. The number of fused-ring (bicyclic) bond motifs is 5. The zero-order valence-corrected chi connectivity index (χ0v) is 27.0. The molecule has 0 aromatic heterocycles. The number of ether oxygens (including phenoxy) is 2. The van der Waals surface area contributed by atoms with Crippen molar-refractivity contribution in [2.24, 2.45) is 11.8 Å². The molecule has 1 heterocycles. The smallest absolute Gasteiger partial charge is 0.239 e. The molecule has 0 unspecified atom stereocenters. The Bertz CT molecular complexity index is 2000. The summed E-state index contributed by atoms with van der Waals surface area (Å²) >= 11 is 6.67. The van der Waals surface area contributed by atoms with Gasteiger partial charge in [0.15, 0.2) is 5.78 Å². The van der Waals surface area contributed by atoms with E-state index in [0.717, 1.165) is 11.1 Å². The predicted molar refractivity (Wildman–Crippen MR) is 185 cm³/mol. The molecule has 0 N–H and O–H groups in total. The van der Waals surface area contributed by atoms with Gasteiger partial charge in [-0.25, -0.2) is 4.90 Å². The van der Waals surface area contributed by atoms with Gasteiger partial charge in [0, 0.05) is 0 Å². The van der Waals surface area contributed by atoms with Crippen LogP contribution in [-0.4, -0.2) is 31.8 Å². The molecular formula is C41H30ClNO5. The summed E-state index contributed by atoms with van der Waals surface area (Å²) in [5.74, 6) is -1.88. The van der Waals surface area contributed by atoms with Crippen LogP contribution in [0.2, 0.25) is 5.02 Å². The average molecular weight is 652 g/mol. The molecule has 1 saturated carbocycles. The Morgan fingerprint density at radius 3 is 1.33 bits per heavy atom. The van der Waals surface area contributed by atoms with Crippen molar-refractivity contribution >= 4 is 46.0 Å². The van der Waals surface area contributed by atoms with Crippen molar-refractivity contribution in [2.45, 2.75) is 10.8 Å². The third-order valence-corrected chi connectivity index (χ3v) is 10.6. The van der Waals surface area contributed by atoms with Crippen molar-refractivity contribution in [2.75, 3.05) is 19.1 Å².